The van der Waals surface area contributed by atoms with Crippen LogP contribution in [0.1, 0.15) is 110 Å². The van der Waals surface area contributed by atoms with E-state index in [9.17, 15) is 9.59 Å². The predicted octanol–water partition coefficient (Wildman–Crippen LogP) is 6.80. The molecule has 0 heterocycles. The van der Waals surface area contributed by atoms with Crippen LogP contribution in [0.15, 0.2) is 0 Å². The van der Waals surface area contributed by atoms with E-state index in [1.54, 1.807) is 0 Å². The third-order valence-corrected chi connectivity index (χ3v) is 4.59. The van der Waals surface area contributed by atoms with E-state index in [2.05, 4.69) is 22.9 Å². The van der Waals surface area contributed by atoms with E-state index >= 15 is 0 Å². The second-order valence-corrected chi connectivity index (χ2v) is 7.18. The molecule has 0 fully saturated rings. The number of rotatable bonds is 17. The molecule has 0 radical (unpaired) electrons. The number of carbonyl (C=O) groups is 2. The lowest BCUT2D eigenvalue weighted by Gasteiger charge is -2.03. The molecule has 0 saturated heterocycles. The first-order valence-electron chi connectivity index (χ1n) is 10.0. The zero-order valence-electron chi connectivity index (χ0n) is 16.1. The van der Waals surface area contributed by atoms with Gasteiger partial charge in [-0.15, -0.1) is 0 Å². The number of hydrogen-bond donors (Lipinski definition) is 2. The summed E-state index contributed by atoms with van der Waals surface area (Å²) in [5, 5.41) is 16.2. The lowest BCUT2D eigenvalue weighted by atomic mass is 10.0. The van der Waals surface area contributed by atoms with E-state index in [1.165, 1.54) is 83.5 Å². The van der Waals surface area contributed by atoms with Crippen LogP contribution in [-0.4, -0.2) is 27.5 Å². The fourth-order valence-corrected chi connectivity index (χ4v) is 2.65. The summed E-state index contributed by atoms with van der Waals surface area (Å²) in [6.45, 7) is 2.27. The minimum Gasteiger partial charge on any atom is -0.481 e. The highest BCUT2D eigenvalue weighted by Gasteiger charge is 1.97. The molecule has 0 spiro atoms. The van der Waals surface area contributed by atoms with Crippen molar-refractivity contribution in [2.24, 2.45) is 0 Å². The Morgan fingerprint density at radius 2 is 0.880 bits per heavy atom. The third-order valence-electron chi connectivity index (χ3n) is 4.11. The lowest BCUT2D eigenvalue weighted by Crippen LogP contribution is -1.93. The Hall–Kier alpha value is -0.580. The first-order valence-corrected chi connectivity index (χ1v) is 11.2. The van der Waals surface area contributed by atoms with Gasteiger partial charge in [0.2, 0.25) is 0 Å². The summed E-state index contributed by atoms with van der Waals surface area (Å²) >= 11 is 2.71. The maximum atomic E-state index is 10.3. The Morgan fingerprint density at radius 3 is 1.12 bits per heavy atom. The van der Waals surface area contributed by atoms with Crippen molar-refractivity contribution in [2.45, 2.75) is 110 Å². The van der Waals surface area contributed by atoms with Crippen LogP contribution in [0.2, 0.25) is 0 Å². The van der Waals surface area contributed by atoms with Crippen LogP contribution in [0.25, 0.3) is 0 Å². The highest BCUT2D eigenvalue weighted by Crippen LogP contribution is 2.13. The monoisotopic (exact) mass is 422 g/mol. The van der Waals surface area contributed by atoms with Crippen molar-refractivity contribution in [3.63, 3.8) is 0 Å². The molecule has 0 aliphatic carbocycles. The number of alkyl halides is 1. The summed E-state index contributed by atoms with van der Waals surface area (Å²) in [6.07, 6.45) is 20.2. The molecule has 0 aliphatic rings. The van der Waals surface area contributed by atoms with Crippen LogP contribution in [0, 0.1) is 0 Å². The van der Waals surface area contributed by atoms with Crippen LogP contribution in [-0.2, 0) is 9.59 Å². The van der Waals surface area contributed by atoms with E-state index < -0.39 is 11.9 Å². The fourth-order valence-electron chi connectivity index (χ4n) is 2.65. The fraction of sp³-hybridized carbons (Fsp3) is 0.900. The van der Waals surface area contributed by atoms with Gasteiger partial charge in [0.05, 0.1) is 0 Å². The molecular weight excluding hydrogens is 384 g/mol. The van der Waals surface area contributed by atoms with Crippen LogP contribution < -0.4 is 0 Å². The maximum absolute atomic E-state index is 10.3. The van der Waals surface area contributed by atoms with Gasteiger partial charge in [-0.05, 0) is 6.42 Å². The Bertz CT molecular complexity index is 295. The molecule has 25 heavy (non-hydrogen) atoms. The minimum atomic E-state index is -0.829. The Morgan fingerprint density at radius 1 is 0.600 bits per heavy atom. The first-order chi connectivity index (χ1) is 12.0. The highest BCUT2D eigenvalue weighted by molar-refractivity contribution is 9.09. The number of hydrogen-bond acceptors (Lipinski definition) is 2. The van der Waals surface area contributed by atoms with E-state index in [1.807, 2.05) is 0 Å². The molecule has 0 saturated carbocycles. The van der Waals surface area contributed by atoms with Gasteiger partial charge in [-0.1, -0.05) is 113 Å². The molecule has 0 amide bonds. The summed E-state index contributed by atoms with van der Waals surface area (Å²) < 4.78 is 0. The summed E-state index contributed by atoms with van der Waals surface area (Å²) in [5.74, 6) is -1.48. The Labute approximate surface area is 162 Å². The van der Waals surface area contributed by atoms with Crippen LogP contribution in [0.4, 0.5) is 0 Å². The van der Waals surface area contributed by atoms with E-state index in [0.29, 0.717) is 6.42 Å². The van der Waals surface area contributed by atoms with Crippen molar-refractivity contribution in [3.05, 3.63) is 0 Å². The number of unbranched alkanes of at least 4 members (excludes halogenated alkanes) is 14. The standard InChI is InChI=1S/C18H36O2.C2H3BrO2/c1-2-3-4-5-6-7-8-9-10-11-12-13-14-15-16-17-18(19)20;3-1-2(4)5/h2-17H2,1H3,(H,19,20);1H2,(H,4,5). The van der Waals surface area contributed by atoms with Crippen molar-refractivity contribution < 1.29 is 19.8 Å². The average molecular weight is 423 g/mol. The molecule has 0 rings (SSSR count). The molecule has 0 aromatic rings. The van der Waals surface area contributed by atoms with Gasteiger partial charge in [-0.25, -0.2) is 0 Å². The number of carboxylic acids is 2. The topological polar surface area (TPSA) is 74.6 Å². The normalized spacial score (nSPS) is 10.2. The molecule has 0 aliphatic heterocycles. The summed E-state index contributed by atoms with van der Waals surface area (Å²) in [6, 6.07) is 0. The van der Waals surface area contributed by atoms with Crippen molar-refractivity contribution in [1.29, 1.82) is 0 Å². The van der Waals surface area contributed by atoms with Gasteiger partial charge in [-0.3, -0.25) is 9.59 Å². The lowest BCUT2D eigenvalue weighted by molar-refractivity contribution is -0.137. The second-order valence-electron chi connectivity index (χ2n) is 6.62. The van der Waals surface area contributed by atoms with Crippen LogP contribution >= 0.6 is 15.9 Å². The van der Waals surface area contributed by atoms with Crippen molar-refractivity contribution in [2.75, 3.05) is 5.33 Å². The smallest absolute Gasteiger partial charge is 0.314 e. The zero-order valence-corrected chi connectivity index (χ0v) is 17.7. The van der Waals surface area contributed by atoms with Gasteiger partial charge in [0.15, 0.2) is 0 Å². The second kappa shape index (κ2) is 23.4. The van der Waals surface area contributed by atoms with E-state index in [0.717, 1.165) is 12.8 Å². The van der Waals surface area contributed by atoms with Crippen molar-refractivity contribution in [3.8, 4) is 0 Å². The molecule has 5 heteroatoms. The minimum absolute atomic E-state index is 0.0347. The van der Waals surface area contributed by atoms with Gasteiger partial charge in [0, 0.05) is 6.42 Å². The molecule has 4 nitrogen and oxygen atoms in total. The third kappa shape index (κ3) is 31.7. The summed E-state index contributed by atoms with van der Waals surface area (Å²) in [7, 11) is 0. The van der Waals surface area contributed by atoms with Gasteiger partial charge in [0.1, 0.15) is 5.33 Å². The molecule has 0 unspecified atom stereocenters. The van der Waals surface area contributed by atoms with Gasteiger partial charge in [0.25, 0.3) is 0 Å². The predicted molar refractivity (Wildman–Crippen MR) is 109 cm³/mol. The SMILES string of the molecule is CCCCCCCCCCCCCCCCCC(=O)O.O=C(O)CBr. The Kier molecular flexibility index (Phi) is 25.0. The average Bonchev–Trinajstić information content (AvgIpc) is 2.58. The Balaban J connectivity index is 0. The zero-order chi connectivity index (χ0) is 19.2. The number of carboxylic acid groups (broad SMARTS) is 2. The molecule has 0 bridgehead atoms. The molecule has 2 N–H and O–H groups in total. The maximum Gasteiger partial charge on any atom is 0.314 e. The van der Waals surface area contributed by atoms with Crippen LogP contribution in [0.5, 0.6) is 0 Å². The number of halogens is 1. The van der Waals surface area contributed by atoms with Crippen molar-refractivity contribution >= 4 is 27.9 Å². The highest BCUT2D eigenvalue weighted by atomic mass is 79.9. The van der Waals surface area contributed by atoms with Crippen molar-refractivity contribution in [1.82, 2.24) is 0 Å². The first kappa shape index (κ1) is 26.6. The van der Waals surface area contributed by atoms with Gasteiger partial charge in [-0.2, -0.15) is 0 Å². The van der Waals surface area contributed by atoms with Gasteiger partial charge >= 0.3 is 11.9 Å². The van der Waals surface area contributed by atoms with Gasteiger partial charge < -0.3 is 10.2 Å². The van der Waals surface area contributed by atoms with Crippen LogP contribution in [0.3, 0.4) is 0 Å². The molecule has 0 aromatic carbocycles. The van der Waals surface area contributed by atoms with E-state index in [-0.39, 0.29) is 5.33 Å². The largest absolute Gasteiger partial charge is 0.481 e. The molecule has 0 aromatic heterocycles. The quantitative estimate of drug-likeness (QED) is 0.199. The summed E-state index contributed by atoms with van der Waals surface area (Å²) in [5.41, 5.74) is 0. The van der Waals surface area contributed by atoms with E-state index in [4.69, 9.17) is 10.2 Å². The number of aliphatic carboxylic acids is 2. The summed E-state index contributed by atoms with van der Waals surface area (Å²) in [4.78, 5) is 19.7. The molecule has 150 valence electrons. The molecular formula is C20H39BrO4. The molecule has 0 atom stereocenters.